The predicted octanol–water partition coefficient (Wildman–Crippen LogP) is 5.01. The lowest BCUT2D eigenvalue weighted by atomic mass is 10.2. The van der Waals surface area contributed by atoms with E-state index in [2.05, 4.69) is 0 Å². The Morgan fingerprint density at radius 3 is 1.97 bits per heavy atom. The second kappa shape index (κ2) is 12.2. The number of carbonyl (C=O) groups excluding carboxylic acids is 1. The van der Waals surface area contributed by atoms with Gasteiger partial charge in [-0.25, -0.2) is 4.79 Å². The molecule has 0 saturated heterocycles. The van der Waals surface area contributed by atoms with Crippen LogP contribution in [-0.2, 0) is 32.2 Å². The van der Waals surface area contributed by atoms with Crippen LogP contribution >= 0.6 is 0 Å². The number of hydrogen-bond donors (Lipinski definition) is 0. The number of rotatable bonds is 11. The van der Waals surface area contributed by atoms with Crippen LogP contribution in [0.4, 0.5) is 0 Å². The molecule has 0 N–H and O–H groups in total. The minimum absolute atomic E-state index is 0.130. The molecule has 0 aromatic heterocycles. The molecule has 3 aromatic rings. The van der Waals surface area contributed by atoms with E-state index in [1.165, 1.54) is 0 Å². The molecule has 0 aliphatic carbocycles. The summed E-state index contributed by atoms with van der Waals surface area (Å²) in [5.74, 6) is 0.352. The molecule has 0 fully saturated rings. The van der Waals surface area contributed by atoms with Gasteiger partial charge in [-0.05, 0) is 34.9 Å². The maximum Gasteiger partial charge on any atom is 0.373 e. The van der Waals surface area contributed by atoms with E-state index in [-0.39, 0.29) is 19.0 Å². The Morgan fingerprint density at radius 2 is 1.35 bits per heavy atom. The Labute approximate surface area is 182 Å². The third kappa shape index (κ3) is 7.64. The first-order valence-corrected chi connectivity index (χ1v) is 10.1. The number of carbonyl (C=O) groups is 1. The van der Waals surface area contributed by atoms with Crippen LogP contribution in [0.1, 0.15) is 16.7 Å². The Kier molecular flexibility index (Phi) is 8.71. The Hall–Kier alpha value is -3.57. The van der Waals surface area contributed by atoms with Gasteiger partial charge in [0.15, 0.2) is 0 Å². The Morgan fingerprint density at radius 1 is 0.742 bits per heavy atom. The lowest BCUT2D eigenvalue weighted by Gasteiger charge is -2.11. The van der Waals surface area contributed by atoms with Crippen LogP contribution < -0.4 is 4.74 Å². The third-order valence-electron chi connectivity index (χ3n) is 4.39. The van der Waals surface area contributed by atoms with Gasteiger partial charge in [-0.3, -0.25) is 0 Å². The van der Waals surface area contributed by atoms with Crippen LogP contribution in [0.3, 0.4) is 0 Å². The highest BCUT2D eigenvalue weighted by Gasteiger charge is 2.13. The van der Waals surface area contributed by atoms with Gasteiger partial charge in [-0.1, -0.05) is 72.8 Å². The summed E-state index contributed by atoms with van der Waals surface area (Å²) in [4.78, 5) is 12.6. The first kappa shape index (κ1) is 22.1. The summed E-state index contributed by atoms with van der Waals surface area (Å²) in [6.07, 6.45) is 1.66. The van der Waals surface area contributed by atoms with Crippen molar-refractivity contribution in [2.75, 3.05) is 20.3 Å². The van der Waals surface area contributed by atoms with Gasteiger partial charge < -0.3 is 18.9 Å². The average molecular weight is 418 g/mol. The second-order valence-corrected chi connectivity index (χ2v) is 6.75. The average Bonchev–Trinajstić information content (AvgIpc) is 2.83. The fourth-order valence-electron chi connectivity index (χ4n) is 2.74. The molecule has 0 bridgehead atoms. The van der Waals surface area contributed by atoms with Gasteiger partial charge >= 0.3 is 5.97 Å². The third-order valence-corrected chi connectivity index (χ3v) is 4.39. The zero-order valence-corrected chi connectivity index (χ0v) is 17.5. The van der Waals surface area contributed by atoms with Crippen molar-refractivity contribution in [3.05, 3.63) is 107 Å². The van der Waals surface area contributed by atoms with Crippen molar-refractivity contribution in [1.29, 1.82) is 0 Å². The van der Waals surface area contributed by atoms with E-state index in [0.29, 0.717) is 13.2 Å². The van der Waals surface area contributed by atoms with Gasteiger partial charge in [0.25, 0.3) is 0 Å². The van der Waals surface area contributed by atoms with Gasteiger partial charge in [0, 0.05) is 7.11 Å². The maximum absolute atomic E-state index is 12.6. The lowest BCUT2D eigenvalue weighted by molar-refractivity contribution is -0.144. The van der Waals surface area contributed by atoms with Crippen molar-refractivity contribution < 1.29 is 23.7 Å². The summed E-state index contributed by atoms with van der Waals surface area (Å²) in [6.45, 7) is 1.29. The number of benzene rings is 3. The molecule has 5 nitrogen and oxygen atoms in total. The minimum Gasteiger partial charge on any atom is -0.489 e. The molecule has 0 unspecified atom stereocenters. The fraction of sp³-hybridized carbons (Fsp3) is 0.192. The molecular formula is C26H26O5. The molecule has 0 spiro atoms. The van der Waals surface area contributed by atoms with Crippen molar-refractivity contribution in [2.24, 2.45) is 0 Å². The van der Waals surface area contributed by atoms with E-state index in [9.17, 15) is 4.79 Å². The summed E-state index contributed by atoms with van der Waals surface area (Å²) >= 11 is 0. The topological polar surface area (TPSA) is 54.0 Å². The van der Waals surface area contributed by atoms with Crippen LogP contribution in [0.2, 0.25) is 0 Å². The highest BCUT2D eigenvalue weighted by Crippen LogP contribution is 2.17. The van der Waals surface area contributed by atoms with E-state index >= 15 is 0 Å². The van der Waals surface area contributed by atoms with Crippen LogP contribution in [0.15, 0.2) is 90.7 Å². The first-order chi connectivity index (χ1) is 15.2. The van der Waals surface area contributed by atoms with Crippen molar-refractivity contribution in [1.82, 2.24) is 0 Å². The number of esters is 1. The molecule has 0 radical (unpaired) electrons. The molecule has 31 heavy (non-hydrogen) atoms. The highest BCUT2D eigenvalue weighted by atomic mass is 16.6. The number of ether oxygens (including phenoxy) is 4. The molecule has 0 amide bonds. The molecule has 0 atom stereocenters. The monoisotopic (exact) mass is 418 g/mol. The highest BCUT2D eigenvalue weighted by molar-refractivity contribution is 5.91. The van der Waals surface area contributed by atoms with E-state index in [0.717, 1.165) is 22.4 Å². The molecule has 5 heteroatoms. The van der Waals surface area contributed by atoms with E-state index in [4.69, 9.17) is 18.9 Å². The standard InChI is InChI=1S/C26H26O5/c1-28-16-17-29-25(26(27)31-20-23-10-6-3-7-11-23)18-21-12-14-24(15-13-21)30-19-22-8-4-2-5-9-22/h2-15,18H,16-17,19-20H2,1H3/b25-18+. The van der Waals surface area contributed by atoms with Crippen LogP contribution in [0, 0.1) is 0 Å². The normalized spacial score (nSPS) is 11.1. The largest absolute Gasteiger partial charge is 0.489 e. The van der Waals surface area contributed by atoms with Crippen LogP contribution in [0.5, 0.6) is 5.75 Å². The second-order valence-electron chi connectivity index (χ2n) is 6.75. The molecule has 160 valence electrons. The minimum atomic E-state index is -0.524. The smallest absolute Gasteiger partial charge is 0.373 e. The molecule has 0 aliphatic heterocycles. The summed E-state index contributed by atoms with van der Waals surface area (Å²) in [6, 6.07) is 26.9. The summed E-state index contributed by atoms with van der Waals surface area (Å²) in [5, 5.41) is 0. The van der Waals surface area contributed by atoms with Gasteiger partial charge in [0.1, 0.15) is 25.6 Å². The van der Waals surface area contributed by atoms with Gasteiger partial charge in [0.2, 0.25) is 5.76 Å². The number of methoxy groups -OCH3 is 1. The zero-order valence-electron chi connectivity index (χ0n) is 17.5. The van der Waals surface area contributed by atoms with Crippen LogP contribution in [0.25, 0.3) is 6.08 Å². The first-order valence-electron chi connectivity index (χ1n) is 10.1. The molecule has 3 rings (SSSR count). The van der Waals surface area contributed by atoms with Gasteiger partial charge in [0.05, 0.1) is 6.61 Å². The van der Waals surface area contributed by atoms with E-state index in [1.807, 2.05) is 84.9 Å². The SMILES string of the molecule is COCCO/C(=C/c1ccc(OCc2ccccc2)cc1)C(=O)OCc1ccccc1. The molecule has 0 aliphatic rings. The van der Waals surface area contributed by atoms with E-state index in [1.54, 1.807) is 13.2 Å². The van der Waals surface area contributed by atoms with Gasteiger partial charge in [-0.2, -0.15) is 0 Å². The quantitative estimate of drug-likeness (QED) is 0.190. The summed E-state index contributed by atoms with van der Waals surface area (Å²) in [5.41, 5.74) is 2.81. The molecule has 3 aromatic carbocycles. The fourth-order valence-corrected chi connectivity index (χ4v) is 2.74. The predicted molar refractivity (Wildman–Crippen MR) is 119 cm³/mol. The van der Waals surface area contributed by atoms with E-state index < -0.39 is 5.97 Å². The van der Waals surface area contributed by atoms with Gasteiger partial charge in [-0.15, -0.1) is 0 Å². The van der Waals surface area contributed by atoms with Crippen molar-refractivity contribution >= 4 is 12.0 Å². The number of hydrogen-bond acceptors (Lipinski definition) is 5. The Bertz CT molecular complexity index is 950. The molecular weight excluding hydrogens is 392 g/mol. The lowest BCUT2D eigenvalue weighted by Crippen LogP contribution is -2.13. The summed E-state index contributed by atoms with van der Waals surface area (Å²) < 4.78 is 21.8. The molecule has 0 saturated carbocycles. The molecule has 0 heterocycles. The van der Waals surface area contributed by atoms with Crippen molar-refractivity contribution in [3.8, 4) is 5.75 Å². The maximum atomic E-state index is 12.6. The zero-order chi connectivity index (χ0) is 21.7. The Balaban J connectivity index is 1.63. The van der Waals surface area contributed by atoms with Crippen molar-refractivity contribution in [3.63, 3.8) is 0 Å². The van der Waals surface area contributed by atoms with Crippen molar-refractivity contribution in [2.45, 2.75) is 13.2 Å². The summed E-state index contributed by atoms with van der Waals surface area (Å²) in [7, 11) is 1.58. The van der Waals surface area contributed by atoms with Crippen LogP contribution in [-0.4, -0.2) is 26.3 Å².